The third-order valence-corrected chi connectivity index (χ3v) is 3.93. The number of hydrogen-bond donors (Lipinski definition) is 1. The molecule has 0 saturated carbocycles. The average Bonchev–Trinajstić information content (AvgIpc) is 2.52. The molecule has 0 aromatic carbocycles. The highest BCUT2D eigenvalue weighted by atomic mass is 35.5. The molecule has 1 unspecified atom stereocenters. The Morgan fingerprint density at radius 2 is 2.12 bits per heavy atom. The van der Waals surface area contributed by atoms with Gasteiger partial charge < -0.3 is 10.0 Å². The van der Waals surface area contributed by atoms with Gasteiger partial charge in [-0.15, -0.1) is 11.6 Å². The van der Waals surface area contributed by atoms with Crippen LogP contribution in [0.2, 0.25) is 0 Å². The molecule has 0 aromatic heterocycles. The fraction of sp³-hybridized carbons (Fsp3) is 0.917. The van der Waals surface area contributed by atoms with E-state index in [1.807, 2.05) is 18.7 Å². The summed E-state index contributed by atoms with van der Waals surface area (Å²) >= 11 is 5.83. The van der Waals surface area contributed by atoms with Crippen LogP contribution >= 0.6 is 11.6 Å². The highest BCUT2D eigenvalue weighted by Gasteiger charge is 2.34. The molecule has 0 aliphatic carbocycles. The van der Waals surface area contributed by atoms with Crippen LogP contribution in [0.4, 0.5) is 0 Å². The monoisotopic (exact) mass is 247 g/mol. The number of carbonyl (C=O) groups excluding carboxylic acids is 1. The van der Waals surface area contributed by atoms with Crippen LogP contribution in [-0.4, -0.2) is 41.0 Å². The summed E-state index contributed by atoms with van der Waals surface area (Å²) < 4.78 is 0. The van der Waals surface area contributed by atoms with Crippen LogP contribution in [0.15, 0.2) is 0 Å². The van der Waals surface area contributed by atoms with Crippen molar-refractivity contribution in [2.75, 3.05) is 19.0 Å². The molecule has 1 amide bonds. The van der Waals surface area contributed by atoms with Gasteiger partial charge in [0.1, 0.15) is 0 Å². The Morgan fingerprint density at radius 1 is 1.44 bits per heavy atom. The first-order valence-electron chi connectivity index (χ1n) is 6.01. The van der Waals surface area contributed by atoms with Crippen molar-refractivity contribution in [1.29, 1.82) is 0 Å². The van der Waals surface area contributed by atoms with E-state index in [9.17, 15) is 9.90 Å². The molecule has 0 bridgehead atoms. The quantitative estimate of drug-likeness (QED) is 0.776. The second kappa shape index (κ2) is 5.87. The molecule has 0 spiro atoms. The third kappa shape index (κ3) is 3.11. The van der Waals surface area contributed by atoms with Crippen LogP contribution in [0, 0.1) is 5.41 Å². The third-order valence-electron chi connectivity index (χ3n) is 3.26. The lowest BCUT2D eigenvalue weighted by atomic mass is 9.93. The molecular formula is C12H22ClNO2. The minimum absolute atomic E-state index is 0.0162. The van der Waals surface area contributed by atoms with Gasteiger partial charge in [-0.3, -0.25) is 4.79 Å². The van der Waals surface area contributed by atoms with E-state index in [0.717, 1.165) is 32.2 Å². The molecule has 0 aromatic rings. The van der Waals surface area contributed by atoms with Crippen molar-refractivity contribution >= 4 is 17.5 Å². The maximum Gasteiger partial charge on any atom is 0.229 e. The molecule has 1 saturated heterocycles. The zero-order chi connectivity index (χ0) is 12.2. The summed E-state index contributed by atoms with van der Waals surface area (Å²) in [6.45, 7) is 4.54. The predicted molar refractivity (Wildman–Crippen MR) is 65.6 cm³/mol. The van der Waals surface area contributed by atoms with Crippen molar-refractivity contribution in [1.82, 2.24) is 4.90 Å². The molecule has 1 rings (SSSR count). The first kappa shape index (κ1) is 13.8. The molecule has 4 heteroatoms. The van der Waals surface area contributed by atoms with E-state index < -0.39 is 5.41 Å². The molecule has 94 valence electrons. The molecule has 3 nitrogen and oxygen atoms in total. The molecule has 1 fully saturated rings. The number of nitrogens with zero attached hydrogens (tertiary/aromatic N) is 1. The highest BCUT2D eigenvalue weighted by molar-refractivity contribution is 6.19. The van der Waals surface area contributed by atoms with E-state index in [-0.39, 0.29) is 18.6 Å². The molecule has 1 aliphatic heterocycles. The van der Waals surface area contributed by atoms with Gasteiger partial charge in [-0.2, -0.15) is 0 Å². The molecule has 1 N–H and O–H groups in total. The number of rotatable bonds is 3. The minimum atomic E-state index is -0.528. The number of halogens is 1. The predicted octanol–water partition coefficient (Wildman–Crippen LogP) is 2.01. The summed E-state index contributed by atoms with van der Waals surface area (Å²) in [6, 6.07) is -0.0162. The maximum absolute atomic E-state index is 12.3. The van der Waals surface area contributed by atoms with E-state index in [2.05, 4.69) is 0 Å². The Bertz CT molecular complexity index is 243. The zero-order valence-corrected chi connectivity index (χ0v) is 11.0. The lowest BCUT2D eigenvalue weighted by Gasteiger charge is -2.34. The Morgan fingerprint density at radius 3 is 2.69 bits per heavy atom. The molecule has 16 heavy (non-hydrogen) atoms. The molecule has 0 radical (unpaired) electrons. The first-order valence-corrected chi connectivity index (χ1v) is 6.54. The van der Waals surface area contributed by atoms with Gasteiger partial charge in [0.15, 0.2) is 0 Å². The van der Waals surface area contributed by atoms with Gasteiger partial charge in [-0.1, -0.05) is 12.8 Å². The Hall–Kier alpha value is -0.280. The smallest absolute Gasteiger partial charge is 0.229 e. The summed E-state index contributed by atoms with van der Waals surface area (Å²) in [6.07, 6.45) is 4.17. The molecule has 1 aliphatic rings. The number of aliphatic hydroxyl groups is 1. The summed E-state index contributed by atoms with van der Waals surface area (Å²) in [5.74, 6) is 0.393. The normalized spacial score (nSPS) is 23.0. The van der Waals surface area contributed by atoms with E-state index in [1.165, 1.54) is 0 Å². The summed E-state index contributed by atoms with van der Waals surface area (Å²) in [5, 5.41) is 9.35. The molecular weight excluding hydrogens is 226 g/mol. The second-order valence-electron chi connectivity index (χ2n) is 5.20. The lowest BCUT2D eigenvalue weighted by Crippen LogP contribution is -2.48. The van der Waals surface area contributed by atoms with E-state index in [1.54, 1.807) is 0 Å². The van der Waals surface area contributed by atoms with Crippen LogP contribution < -0.4 is 0 Å². The maximum atomic E-state index is 12.3. The van der Waals surface area contributed by atoms with Crippen LogP contribution in [0.3, 0.4) is 0 Å². The van der Waals surface area contributed by atoms with Gasteiger partial charge in [0, 0.05) is 12.4 Å². The van der Waals surface area contributed by atoms with Crippen molar-refractivity contribution in [2.45, 2.75) is 45.6 Å². The van der Waals surface area contributed by atoms with Crippen LogP contribution in [0.1, 0.15) is 39.5 Å². The van der Waals surface area contributed by atoms with Crippen molar-refractivity contribution < 1.29 is 9.90 Å². The van der Waals surface area contributed by atoms with E-state index >= 15 is 0 Å². The number of aliphatic hydroxyl groups excluding tert-OH is 1. The van der Waals surface area contributed by atoms with E-state index in [0.29, 0.717) is 5.88 Å². The Labute approximate surface area is 103 Å². The summed E-state index contributed by atoms with van der Waals surface area (Å²) in [4.78, 5) is 14.1. The van der Waals surface area contributed by atoms with Crippen molar-refractivity contribution in [2.24, 2.45) is 5.41 Å². The average molecular weight is 248 g/mol. The van der Waals surface area contributed by atoms with Crippen molar-refractivity contribution in [3.8, 4) is 0 Å². The molecule has 1 heterocycles. The highest BCUT2D eigenvalue weighted by Crippen LogP contribution is 2.25. The van der Waals surface area contributed by atoms with Gasteiger partial charge in [-0.05, 0) is 26.7 Å². The van der Waals surface area contributed by atoms with Crippen LogP contribution in [0.25, 0.3) is 0 Å². The zero-order valence-electron chi connectivity index (χ0n) is 10.2. The number of carbonyl (C=O) groups is 1. The topological polar surface area (TPSA) is 40.5 Å². The summed E-state index contributed by atoms with van der Waals surface area (Å²) in [5.41, 5.74) is -0.528. The number of amides is 1. The number of alkyl halides is 1. The Balaban J connectivity index is 2.77. The van der Waals surface area contributed by atoms with Crippen molar-refractivity contribution in [3.63, 3.8) is 0 Å². The van der Waals surface area contributed by atoms with Crippen molar-refractivity contribution in [3.05, 3.63) is 0 Å². The fourth-order valence-corrected chi connectivity index (χ4v) is 2.19. The van der Waals surface area contributed by atoms with Crippen LogP contribution in [0.5, 0.6) is 0 Å². The Kier molecular flexibility index (Phi) is 5.06. The standard InChI is InChI=1S/C12H22ClNO2/c1-12(2,9-13)11(16)14-7-5-3-4-6-10(14)8-15/h10,15H,3-9H2,1-2H3. The second-order valence-corrected chi connectivity index (χ2v) is 5.47. The molecule has 1 atom stereocenters. The fourth-order valence-electron chi connectivity index (χ4n) is 2.08. The lowest BCUT2D eigenvalue weighted by molar-refractivity contribution is -0.142. The summed E-state index contributed by atoms with van der Waals surface area (Å²) in [7, 11) is 0. The minimum Gasteiger partial charge on any atom is -0.394 e. The first-order chi connectivity index (χ1) is 7.53. The van der Waals surface area contributed by atoms with Gasteiger partial charge in [0.2, 0.25) is 5.91 Å². The van der Waals surface area contributed by atoms with Gasteiger partial charge in [-0.25, -0.2) is 0 Å². The van der Waals surface area contributed by atoms with Crippen LogP contribution in [-0.2, 0) is 4.79 Å². The SMILES string of the molecule is CC(C)(CCl)C(=O)N1CCCCCC1CO. The van der Waals surface area contributed by atoms with Gasteiger partial charge in [0.05, 0.1) is 18.1 Å². The van der Waals surface area contributed by atoms with Gasteiger partial charge >= 0.3 is 0 Å². The van der Waals surface area contributed by atoms with E-state index in [4.69, 9.17) is 11.6 Å². The largest absolute Gasteiger partial charge is 0.394 e. The van der Waals surface area contributed by atoms with Gasteiger partial charge in [0.25, 0.3) is 0 Å². The number of hydrogen-bond acceptors (Lipinski definition) is 2. The number of likely N-dealkylation sites (tertiary alicyclic amines) is 1.